The maximum absolute atomic E-state index is 13.2. The molecule has 1 aliphatic heterocycles. The van der Waals surface area contributed by atoms with Gasteiger partial charge in [0, 0.05) is 24.2 Å². The Morgan fingerprint density at radius 1 is 1.06 bits per heavy atom. The number of carbonyl (C=O) groups excluding carboxylic acids is 2. The van der Waals surface area contributed by atoms with Gasteiger partial charge in [0.1, 0.15) is 9.88 Å². The van der Waals surface area contributed by atoms with Gasteiger partial charge in [-0.05, 0) is 56.2 Å². The first-order valence-electron chi connectivity index (χ1n) is 10.6. The maximum atomic E-state index is 13.2. The lowest BCUT2D eigenvalue weighted by atomic mass is 10.1. The number of ether oxygens (including phenoxy) is 2. The molecule has 4 rings (SSSR count). The van der Waals surface area contributed by atoms with Crippen molar-refractivity contribution in [2.24, 2.45) is 5.73 Å². The number of amides is 2. The van der Waals surface area contributed by atoms with Crippen molar-refractivity contribution in [3.63, 3.8) is 0 Å². The van der Waals surface area contributed by atoms with Crippen LogP contribution < -0.4 is 25.4 Å². The molecule has 2 aromatic carbocycles. The summed E-state index contributed by atoms with van der Waals surface area (Å²) in [5.41, 5.74) is 8.72. The second-order valence-corrected chi connectivity index (χ2v) is 8.75. The SMILES string of the molecule is COc1ccc(-c2nc(C)c(C(=O)Nc3cc(C(N)=O)ccc3N3CCCC3)s2)cc1OC. The third-order valence-corrected chi connectivity index (χ3v) is 6.81. The van der Waals surface area contributed by atoms with Crippen molar-refractivity contribution < 1.29 is 19.1 Å². The standard InChI is InChI=1S/C24H26N4O4S/c1-14-21(33-24(26-14)16-7-9-19(31-2)20(13-16)32-3)23(30)27-17-12-15(22(25)29)6-8-18(17)28-10-4-5-11-28/h6-9,12-13H,4-5,10-11H2,1-3H3,(H2,25,29)(H,27,30). The number of hydrogen-bond acceptors (Lipinski definition) is 7. The molecule has 8 nitrogen and oxygen atoms in total. The number of nitrogens with one attached hydrogen (secondary N) is 1. The predicted octanol–water partition coefficient (Wildman–Crippen LogP) is 4.09. The van der Waals surface area contributed by atoms with Crippen molar-refractivity contribution in [2.75, 3.05) is 37.5 Å². The fraction of sp³-hybridized carbons (Fsp3) is 0.292. The number of rotatable bonds is 7. The van der Waals surface area contributed by atoms with Crippen molar-refractivity contribution >= 4 is 34.5 Å². The monoisotopic (exact) mass is 466 g/mol. The van der Waals surface area contributed by atoms with Crippen LogP contribution in [0.4, 0.5) is 11.4 Å². The molecule has 2 heterocycles. The van der Waals surface area contributed by atoms with Crippen LogP contribution in [0.1, 0.15) is 38.6 Å². The molecule has 3 aromatic rings. The van der Waals surface area contributed by atoms with Gasteiger partial charge in [-0.3, -0.25) is 9.59 Å². The fourth-order valence-electron chi connectivity index (χ4n) is 3.90. The zero-order chi connectivity index (χ0) is 23.5. The van der Waals surface area contributed by atoms with Gasteiger partial charge in [0.05, 0.1) is 31.3 Å². The Balaban J connectivity index is 1.64. The molecule has 0 bridgehead atoms. The van der Waals surface area contributed by atoms with Gasteiger partial charge in [-0.1, -0.05) is 0 Å². The summed E-state index contributed by atoms with van der Waals surface area (Å²) in [5, 5.41) is 3.68. The molecule has 33 heavy (non-hydrogen) atoms. The number of carbonyl (C=O) groups is 2. The smallest absolute Gasteiger partial charge is 0.267 e. The summed E-state index contributed by atoms with van der Waals surface area (Å²) in [6, 6.07) is 10.7. The van der Waals surface area contributed by atoms with E-state index in [0.717, 1.165) is 37.2 Å². The van der Waals surface area contributed by atoms with Crippen LogP contribution in [-0.2, 0) is 0 Å². The molecule has 3 N–H and O–H groups in total. The van der Waals surface area contributed by atoms with Crippen LogP contribution in [0.3, 0.4) is 0 Å². The van der Waals surface area contributed by atoms with Crippen LogP contribution in [0, 0.1) is 6.92 Å². The quantitative estimate of drug-likeness (QED) is 0.543. The Morgan fingerprint density at radius 3 is 2.45 bits per heavy atom. The highest BCUT2D eigenvalue weighted by molar-refractivity contribution is 7.17. The minimum Gasteiger partial charge on any atom is -0.493 e. The van der Waals surface area contributed by atoms with Crippen LogP contribution in [-0.4, -0.2) is 44.1 Å². The molecule has 0 radical (unpaired) electrons. The summed E-state index contributed by atoms with van der Waals surface area (Å²) < 4.78 is 10.7. The van der Waals surface area contributed by atoms with Crippen molar-refractivity contribution in [3.05, 3.63) is 52.5 Å². The molecule has 0 saturated carbocycles. The van der Waals surface area contributed by atoms with E-state index < -0.39 is 5.91 Å². The molecule has 1 fully saturated rings. The Morgan fingerprint density at radius 2 is 1.79 bits per heavy atom. The first-order valence-corrected chi connectivity index (χ1v) is 11.4. The van der Waals surface area contributed by atoms with E-state index in [1.165, 1.54) is 11.3 Å². The third-order valence-electron chi connectivity index (χ3n) is 5.61. The van der Waals surface area contributed by atoms with E-state index >= 15 is 0 Å². The predicted molar refractivity (Wildman–Crippen MR) is 130 cm³/mol. The fourth-order valence-corrected chi connectivity index (χ4v) is 4.86. The topological polar surface area (TPSA) is 107 Å². The molecule has 1 saturated heterocycles. The zero-order valence-corrected chi connectivity index (χ0v) is 19.6. The molecule has 0 spiro atoms. The first kappa shape index (κ1) is 22.6. The second kappa shape index (κ2) is 9.50. The summed E-state index contributed by atoms with van der Waals surface area (Å²) in [4.78, 5) is 32.3. The van der Waals surface area contributed by atoms with E-state index in [1.807, 2.05) is 24.3 Å². The van der Waals surface area contributed by atoms with Gasteiger partial charge in [0.2, 0.25) is 5.91 Å². The Hall–Kier alpha value is -3.59. The number of anilines is 2. The van der Waals surface area contributed by atoms with Crippen molar-refractivity contribution in [3.8, 4) is 22.1 Å². The molecule has 172 valence electrons. The number of nitrogens with two attached hydrogens (primary N) is 1. The van der Waals surface area contributed by atoms with E-state index in [-0.39, 0.29) is 5.91 Å². The van der Waals surface area contributed by atoms with Crippen LogP contribution in [0.15, 0.2) is 36.4 Å². The number of benzene rings is 2. The van der Waals surface area contributed by atoms with E-state index in [1.54, 1.807) is 33.3 Å². The van der Waals surface area contributed by atoms with Gasteiger partial charge >= 0.3 is 0 Å². The molecule has 1 aromatic heterocycles. The van der Waals surface area contributed by atoms with Crippen molar-refractivity contribution in [1.82, 2.24) is 4.98 Å². The van der Waals surface area contributed by atoms with E-state index in [2.05, 4.69) is 15.2 Å². The van der Waals surface area contributed by atoms with Crippen LogP contribution >= 0.6 is 11.3 Å². The van der Waals surface area contributed by atoms with Crippen LogP contribution in [0.25, 0.3) is 10.6 Å². The van der Waals surface area contributed by atoms with Gasteiger partial charge < -0.3 is 25.4 Å². The highest BCUT2D eigenvalue weighted by Crippen LogP contribution is 2.36. The molecule has 0 unspecified atom stereocenters. The minimum absolute atomic E-state index is 0.279. The van der Waals surface area contributed by atoms with Crippen molar-refractivity contribution in [1.29, 1.82) is 0 Å². The largest absolute Gasteiger partial charge is 0.493 e. The van der Waals surface area contributed by atoms with Gasteiger partial charge in [-0.15, -0.1) is 11.3 Å². The Bertz CT molecular complexity index is 1200. The van der Waals surface area contributed by atoms with Crippen LogP contribution in [0.5, 0.6) is 11.5 Å². The maximum Gasteiger partial charge on any atom is 0.267 e. The number of aryl methyl sites for hydroxylation is 1. The summed E-state index contributed by atoms with van der Waals surface area (Å²) >= 11 is 1.30. The lowest BCUT2D eigenvalue weighted by Crippen LogP contribution is -2.22. The molecule has 2 amide bonds. The molecular formula is C24H26N4O4S. The van der Waals surface area contributed by atoms with E-state index in [4.69, 9.17) is 15.2 Å². The number of thiazole rings is 1. The average molecular weight is 467 g/mol. The lowest BCUT2D eigenvalue weighted by molar-refractivity contribution is 0.0996. The molecular weight excluding hydrogens is 440 g/mol. The first-order chi connectivity index (χ1) is 15.9. The number of hydrogen-bond donors (Lipinski definition) is 2. The molecule has 1 aliphatic rings. The summed E-state index contributed by atoms with van der Waals surface area (Å²) in [6.07, 6.45) is 2.18. The van der Waals surface area contributed by atoms with E-state index in [9.17, 15) is 9.59 Å². The lowest BCUT2D eigenvalue weighted by Gasteiger charge is -2.22. The second-order valence-electron chi connectivity index (χ2n) is 7.75. The zero-order valence-electron chi connectivity index (χ0n) is 18.8. The molecule has 0 aliphatic carbocycles. The normalized spacial score (nSPS) is 13.1. The highest BCUT2D eigenvalue weighted by atomic mass is 32.1. The van der Waals surface area contributed by atoms with E-state index in [0.29, 0.717) is 38.3 Å². The number of methoxy groups -OCH3 is 2. The number of aromatic nitrogens is 1. The highest BCUT2D eigenvalue weighted by Gasteiger charge is 2.22. The van der Waals surface area contributed by atoms with Gasteiger partial charge in [0.25, 0.3) is 5.91 Å². The van der Waals surface area contributed by atoms with Gasteiger partial charge in [-0.25, -0.2) is 4.98 Å². The molecule has 0 atom stereocenters. The summed E-state index contributed by atoms with van der Waals surface area (Å²) in [7, 11) is 3.16. The number of nitrogens with zero attached hydrogens (tertiary/aromatic N) is 2. The number of primary amides is 1. The molecule has 9 heteroatoms. The summed E-state index contributed by atoms with van der Waals surface area (Å²) in [6.45, 7) is 3.61. The Kier molecular flexibility index (Phi) is 6.50. The van der Waals surface area contributed by atoms with Gasteiger partial charge in [0.15, 0.2) is 11.5 Å². The van der Waals surface area contributed by atoms with Gasteiger partial charge in [-0.2, -0.15) is 0 Å². The minimum atomic E-state index is -0.539. The summed E-state index contributed by atoms with van der Waals surface area (Å²) in [5.74, 6) is 0.394. The third kappa shape index (κ3) is 4.63. The van der Waals surface area contributed by atoms with Crippen molar-refractivity contribution in [2.45, 2.75) is 19.8 Å². The Labute approximate surface area is 196 Å². The average Bonchev–Trinajstić information content (AvgIpc) is 3.48. The van der Waals surface area contributed by atoms with Crippen LogP contribution in [0.2, 0.25) is 0 Å².